The molecule has 0 aromatic heterocycles. The van der Waals surface area contributed by atoms with Crippen molar-refractivity contribution in [2.75, 3.05) is 25.5 Å². The fourth-order valence-corrected chi connectivity index (χ4v) is 3.43. The van der Waals surface area contributed by atoms with E-state index in [1.165, 1.54) is 12.7 Å². The first-order chi connectivity index (χ1) is 12.6. The fraction of sp³-hybridized carbons (Fsp3) is 0.300. The molecule has 0 spiro atoms. The Labute approximate surface area is 161 Å². The van der Waals surface area contributed by atoms with Gasteiger partial charge in [0.25, 0.3) is 5.91 Å². The molecule has 1 fully saturated rings. The van der Waals surface area contributed by atoms with Crippen LogP contribution in [-0.4, -0.2) is 37.1 Å². The van der Waals surface area contributed by atoms with Crippen molar-refractivity contribution in [1.82, 2.24) is 4.90 Å². The van der Waals surface area contributed by atoms with Crippen molar-refractivity contribution in [3.63, 3.8) is 0 Å². The van der Waals surface area contributed by atoms with E-state index in [-0.39, 0.29) is 12.0 Å². The van der Waals surface area contributed by atoms with Crippen molar-refractivity contribution < 1.29 is 14.3 Å². The Morgan fingerprint density at radius 2 is 1.65 bits per heavy atom. The predicted molar refractivity (Wildman–Crippen MR) is 104 cm³/mol. The van der Waals surface area contributed by atoms with Gasteiger partial charge in [-0.25, -0.2) is 4.79 Å². The summed E-state index contributed by atoms with van der Waals surface area (Å²) in [6.07, 6.45) is 1.54. The third-order valence-electron chi connectivity index (χ3n) is 4.67. The van der Waals surface area contributed by atoms with Gasteiger partial charge < -0.3 is 15.0 Å². The number of likely N-dealkylation sites (tertiary alicyclic amines) is 1. The van der Waals surface area contributed by atoms with Crippen LogP contribution < -0.4 is 5.32 Å². The molecule has 0 bridgehead atoms. The van der Waals surface area contributed by atoms with E-state index < -0.39 is 0 Å². The fourth-order valence-electron chi connectivity index (χ4n) is 3.17. The standard InChI is InChI=1S/C20H21BrN2O3/c1-26-20(25)23-12-10-15(11-13-23)14-2-4-16(5-3-14)19(24)22-18-8-6-17(21)7-9-18/h2-9,15H,10-13H2,1H3,(H,22,24). The van der Waals surface area contributed by atoms with Crippen LogP contribution in [0.1, 0.15) is 34.7 Å². The number of carbonyl (C=O) groups excluding carboxylic acids is 2. The van der Waals surface area contributed by atoms with Gasteiger partial charge in [-0.1, -0.05) is 28.1 Å². The molecule has 136 valence electrons. The molecule has 1 saturated heterocycles. The lowest BCUT2D eigenvalue weighted by atomic mass is 9.89. The lowest BCUT2D eigenvalue weighted by Crippen LogP contribution is -2.37. The number of benzene rings is 2. The number of nitrogens with zero attached hydrogens (tertiary/aromatic N) is 1. The first kappa shape index (κ1) is 18.5. The Hall–Kier alpha value is -2.34. The van der Waals surface area contributed by atoms with Crippen molar-refractivity contribution in [2.24, 2.45) is 0 Å². The summed E-state index contributed by atoms with van der Waals surface area (Å²) in [7, 11) is 1.41. The summed E-state index contributed by atoms with van der Waals surface area (Å²) in [5.41, 5.74) is 2.59. The highest BCUT2D eigenvalue weighted by molar-refractivity contribution is 9.10. The number of halogens is 1. The zero-order chi connectivity index (χ0) is 18.5. The van der Waals surface area contributed by atoms with E-state index in [1.807, 2.05) is 48.5 Å². The number of carbonyl (C=O) groups is 2. The normalized spacial score (nSPS) is 14.8. The zero-order valence-electron chi connectivity index (χ0n) is 14.6. The smallest absolute Gasteiger partial charge is 0.409 e. The number of nitrogens with one attached hydrogen (secondary N) is 1. The van der Waals surface area contributed by atoms with Crippen LogP contribution in [0, 0.1) is 0 Å². The largest absolute Gasteiger partial charge is 0.453 e. The predicted octanol–water partition coefficient (Wildman–Crippen LogP) is 4.65. The van der Waals surface area contributed by atoms with Crippen LogP contribution >= 0.6 is 15.9 Å². The quantitative estimate of drug-likeness (QED) is 0.791. The molecular formula is C20H21BrN2O3. The van der Waals surface area contributed by atoms with Crippen LogP contribution in [0.2, 0.25) is 0 Å². The van der Waals surface area contributed by atoms with E-state index in [9.17, 15) is 9.59 Å². The molecule has 2 aromatic carbocycles. The molecule has 2 aromatic rings. The van der Waals surface area contributed by atoms with Crippen LogP contribution in [0.4, 0.5) is 10.5 Å². The van der Waals surface area contributed by atoms with Crippen LogP contribution in [0.25, 0.3) is 0 Å². The number of ether oxygens (including phenoxy) is 1. The SMILES string of the molecule is COC(=O)N1CCC(c2ccc(C(=O)Nc3ccc(Br)cc3)cc2)CC1. The van der Waals surface area contributed by atoms with Crippen LogP contribution in [-0.2, 0) is 4.74 Å². The van der Waals surface area contributed by atoms with E-state index >= 15 is 0 Å². The van der Waals surface area contributed by atoms with Crippen molar-refractivity contribution >= 4 is 33.6 Å². The number of anilines is 1. The minimum absolute atomic E-state index is 0.126. The van der Waals surface area contributed by atoms with E-state index in [2.05, 4.69) is 21.2 Å². The molecule has 6 heteroatoms. The average molecular weight is 417 g/mol. The molecule has 1 N–H and O–H groups in total. The van der Waals surface area contributed by atoms with Gasteiger partial charge in [-0.15, -0.1) is 0 Å². The highest BCUT2D eigenvalue weighted by Gasteiger charge is 2.24. The van der Waals surface area contributed by atoms with Crippen LogP contribution in [0.3, 0.4) is 0 Å². The first-order valence-electron chi connectivity index (χ1n) is 8.56. The zero-order valence-corrected chi connectivity index (χ0v) is 16.2. The van der Waals surface area contributed by atoms with Gasteiger partial charge in [-0.2, -0.15) is 0 Å². The Morgan fingerprint density at radius 3 is 2.23 bits per heavy atom. The maximum atomic E-state index is 12.4. The molecule has 0 unspecified atom stereocenters. The lowest BCUT2D eigenvalue weighted by Gasteiger charge is -2.31. The first-order valence-corrected chi connectivity index (χ1v) is 9.36. The monoisotopic (exact) mass is 416 g/mol. The molecule has 0 aliphatic carbocycles. The molecule has 0 radical (unpaired) electrons. The molecule has 1 aliphatic rings. The van der Waals surface area contributed by atoms with Crippen molar-refractivity contribution in [3.8, 4) is 0 Å². The number of piperidine rings is 1. The van der Waals surface area contributed by atoms with E-state index in [0.717, 1.165) is 23.0 Å². The third kappa shape index (κ3) is 4.43. The second-order valence-electron chi connectivity index (χ2n) is 6.31. The second-order valence-corrected chi connectivity index (χ2v) is 7.23. The summed E-state index contributed by atoms with van der Waals surface area (Å²) >= 11 is 3.38. The Morgan fingerprint density at radius 1 is 1.04 bits per heavy atom. The molecule has 3 rings (SSSR count). The van der Waals surface area contributed by atoms with Crippen molar-refractivity contribution in [1.29, 1.82) is 0 Å². The number of methoxy groups -OCH3 is 1. The topological polar surface area (TPSA) is 58.6 Å². The van der Waals surface area contributed by atoms with Gasteiger partial charge in [0.05, 0.1) is 7.11 Å². The number of hydrogen-bond acceptors (Lipinski definition) is 3. The molecule has 0 saturated carbocycles. The van der Waals surface area contributed by atoms with Gasteiger partial charge in [-0.05, 0) is 60.7 Å². The summed E-state index contributed by atoms with van der Waals surface area (Å²) in [6, 6.07) is 15.2. The van der Waals surface area contributed by atoms with Crippen molar-refractivity contribution in [3.05, 3.63) is 64.1 Å². The van der Waals surface area contributed by atoms with E-state index in [4.69, 9.17) is 4.74 Å². The van der Waals surface area contributed by atoms with Gasteiger partial charge in [0.15, 0.2) is 0 Å². The number of rotatable bonds is 3. The minimum Gasteiger partial charge on any atom is -0.453 e. The summed E-state index contributed by atoms with van der Waals surface area (Å²) in [5, 5.41) is 2.89. The highest BCUT2D eigenvalue weighted by atomic mass is 79.9. The van der Waals surface area contributed by atoms with Crippen molar-refractivity contribution in [2.45, 2.75) is 18.8 Å². The van der Waals surface area contributed by atoms with E-state index in [0.29, 0.717) is 24.6 Å². The van der Waals surface area contributed by atoms with E-state index in [1.54, 1.807) is 4.90 Å². The summed E-state index contributed by atoms with van der Waals surface area (Å²) in [5.74, 6) is 0.277. The maximum absolute atomic E-state index is 12.4. The molecule has 5 nitrogen and oxygen atoms in total. The molecule has 1 aliphatic heterocycles. The Balaban J connectivity index is 1.59. The summed E-state index contributed by atoms with van der Waals surface area (Å²) < 4.78 is 5.74. The number of hydrogen-bond donors (Lipinski definition) is 1. The van der Waals surface area contributed by atoms with Gasteiger partial charge >= 0.3 is 6.09 Å². The molecule has 0 atom stereocenters. The van der Waals surface area contributed by atoms with Crippen LogP contribution in [0.5, 0.6) is 0 Å². The molecule has 1 heterocycles. The second kappa shape index (κ2) is 8.36. The molecule has 2 amide bonds. The molecular weight excluding hydrogens is 396 g/mol. The van der Waals surface area contributed by atoms with Gasteiger partial charge in [-0.3, -0.25) is 4.79 Å². The average Bonchev–Trinajstić information content (AvgIpc) is 2.69. The highest BCUT2D eigenvalue weighted by Crippen LogP contribution is 2.28. The van der Waals surface area contributed by atoms with Gasteiger partial charge in [0.2, 0.25) is 0 Å². The molecule has 26 heavy (non-hydrogen) atoms. The van der Waals surface area contributed by atoms with Gasteiger partial charge in [0.1, 0.15) is 0 Å². The number of amides is 2. The Bertz CT molecular complexity index is 767. The summed E-state index contributed by atoms with van der Waals surface area (Å²) in [4.78, 5) is 25.6. The third-order valence-corrected chi connectivity index (χ3v) is 5.20. The maximum Gasteiger partial charge on any atom is 0.409 e. The Kier molecular flexibility index (Phi) is 5.93. The summed E-state index contributed by atoms with van der Waals surface area (Å²) in [6.45, 7) is 1.40. The van der Waals surface area contributed by atoms with Gasteiger partial charge in [0, 0.05) is 28.8 Å². The van der Waals surface area contributed by atoms with Crippen LogP contribution in [0.15, 0.2) is 53.0 Å². The lowest BCUT2D eigenvalue weighted by molar-refractivity contribution is 0.102. The minimum atomic E-state index is -0.261.